The van der Waals surface area contributed by atoms with E-state index in [1.807, 2.05) is 12.1 Å². The molecule has 0 amide bonds. The van der Waals surface area contributed by atoms with Crippen molar-refractivity contribution < 1.29 is 24.2 Å². The van der Waals surface area contributed by atoms with Crippen molar-refractivity contribution in [2.75, 3.05) is 13.2 Å². The summed E-state index contributed by atoms with van der Waals surface area (Å²) in [5.74, 6) is -1.02. The zero-order valence-corrected chi connectivity index (χ0v) is 13.7. The average molecular weight is 340 g/mol. The van der Waals surface area contributed by atoms with Crippen LogP contribution in [0.2, 0.25) is 0 Å². The van der Waals surface area contributed by atoms with Crippen molar-refractivity contribution in [1.82, 2.24) is 0 Å². The molecule has 0 aromatic heterocycles. The molecule has 3 rings (SSSR count). The van der Waals surface area contributed by atoms with E-state index in [4.69, 9.17) is 9.47 Å². The van der Waals surface area contributed by atoms with Gasteiger partial charge in [-0.15, -0.1) is 0 Å². The standard InChI is InChI=1S/C20H20O5/c21-18-11-16(12-24-19(22)14-7-3-1-4-8-14)17(18)13-25-20(23)15-9-5-2-6-10-15/h1-10,16-18,21H,11-13H2/t16-,17-,18-/m0/s1. The Morgan fingerprint density at radius 3 is 1.80 bits per heavy atom. The smallest absolute Gasteiger partial charge is 0.338 e. The average Bonchev–Trinajstić information content (AvgIpc) is 2.66. The number of esters is 2. The highest BCUT2D eigenvalue weighted by atomic mass is 16.5. The van der Waals surface area contributed by atoms with Crippen molar-refractivity contribution in [1.29, 1.82) is 0 Å². The Morgan fingerprint density at radius 2 is 1.32 bits per heavy atom. The molecule has 0 heterocycles. The summed E-state index contributed by atoms with van der Waals surface area (Å²) in [4.78, 5) is 23.9. The maximum Gasteiger partial charge on any atom is 0.338 e. The van der Waals surface area contributed by atoms with Gasteiger partial charge in [0.2, 0.25) is 0 Å². The summed E-state index contributed by atoms with van der Waals surface area (Å²) in [6.07, 6.45) is -0.000637. The first-order valence-corrected chi connectivity index (χ1v) is 8.27. The van der Waals surface area contributed by atoms with Crippen LogP contribution in [0.3, 0.4) is 0 Å². The van der Waals surface area contributed by atoms with Gasteiger partial charge in [0.05, 0.1) is 30.4 Å². The molecule has 3 atom stereocenters. The van der Waals surface area contributed by atoms with Gasteiger partial charge in [-0.05, 0) is 30.7 Å². The number of hydrogen-bond donors (Lipinski definition) is 1. The minimum absolute atomic E-state index is 0.00812. The van der Waals surface area contributed by atoms with Crippen LogP contribution in [0, 0.1) is 11.8 Å². The van der Waals surface area contributed by atoms with Gasteiger partial charge < -0.3 is 14.6 Å². The van der Waals surface area contributed by atoms with E-state index in [0.29, 0.717) is 17.5 Å². The summed E-state index contributed by atoms with van der Waals surface area (Å²) in [6, 6.07) is 17.5. The van der Waals surface area contributed by atoms with Gasteiger partial charge in [-0.1, -0.05) is 36.4 Å². The van der Waals surface area contributed by atoms with Crippen LogP contribution in [0.1, 0.15) is 27.1 Å². The molecule has 25 heavy (non-hydrogen) atoms. The zero-order chi connectivity index (χ0) is 17.6. The van der Waals surface area contributed by atoms with Crippen LogP contribution >= 0.6 is 0 Å². The lowest BCUT2D eigenvalue weighted by Crippen LogP contribution is -2.46. The highest BCUT2D eigenvalue weighted by Gasteiger charge is 2.41. The van der Waals surface area contributed by atoms with E-state index in [0.717, 1.165) is 0 Å². The van der Waals surface area contributed by atoms with Gasteiger partial charge in [-0.3, -0.25) is 0 Å². The number of hydrogen-bond acceptors (Lipinski definition) is 5. The van der Waals surface area contributed by atoms with E-state index in [1.165, 1.54) is 0 Å². The number of aliphatic hydroxyl groups is 1. The minimum Gasteiger partial charge on any atom is -0.462 e. The first-order valence-electron chi connectivity index (χ1n) is 8.27. The summed E-state index contributed by atoms with van der Waals surface area (Å²) in [5.41, 5.74) is 0.970. The normalized spacial score (nSPS) is 21.9. The lowest BCUT2D eigenvalue weighted by molar-refractivity contribution is -0.0852. The fourth-order valence-corrected chi connectivity index (χ4v) is 2.89. The van der Waals surface area contributed by atoms with E-state index in [1.54, 1.807) is 48.5 Å². The molecule has 1 fully saturated rings. The Labute approximate surface area is 146 Å². The Hall–Kier alpha value is -2.66. The molecule has 5 nitrogen and oxygen atoms in total. The first kappa shape index (κ1) is 17.2. The third-order valence-electron chi connectivity index (χ3n) is 4.50. The quantitative estimate of drug-likeness (QED) is 0.819. The topological polar surface area (TPSA) is 72.8 Å². The van der Waals surface area contributed by atoms with E-state index in [9.17, 15) is 14.7 Å². The number of benzene rings is 2. The molecule has 0 saturated heterocycles. The highest BCUT2D eigenvalue weighted by Crippen LogP contribution is 2.35. The van der Waals surface area contributed by atoms with Crippen LogP contribution in [0.4, 0.5) is 0 Å². The van der Waals surface area contributed by atoms with Crippen molar-refractivity contribution in [3.05, 3.63) is 71.8 Å². The maximum atomic E-state index is 12.0. The Balaban J connectivity index is 1.47. The van der Waals surface area contributed by atoms with Crippen molar-refractivity contribution in [2.24, 2.45) is 11.8 Å². The molecule has 2 aromatic carbocycles. The van der Waals surface area contributed by atoms with Crippen LogP contribution < -0.4 is 0 Å². The molecule has 2 aromatic rings. The van der Waals surface area contributed by atoms with Gasteiger partial charge in [0, 0.05) is 11.8 Å². The van der Waals surface area contributed by atoms with Crippen molar-refractivity contribution >= 4 is 11.9 Å². The maximum absolute atomic E-state index is 12.0. The second-order valence-corrected chi connectivity index (χ2v) is 6.16. The van der Waals surface area contributed by atoms with Gasteiger partial charge in [0.25, 0.3) is 0 Å². The monoisotopic (exact) mass is 340 g/mol. The van der Waals surface area contributed by atoms with Crippen LogP contribution in [-0.2, 0) is 9.47 Å². The summed E-state index contributed by atoms with van der Waals surface area (Å²) in [7, 11) is 0. The van der Waals surface area contributed by atoms with Gasteiger partial charge in [-0.2, -0.15) is 0 Å². The van der Waals surface area contributed by atoms with Crippen molar-refractivity contribution in [2.45, 2.75) is 12.5 Å². The number of rotatable bonds is 6. The fraction of sp³-hybridized carbons (Fsp3) is 0.300. The minimum atomic E-state index is -0.538. The number of aliphatic hydroxyl groups excluding tert-OH is 1. The first-order chi connectivity index (χ1) is 12.1. The molecular weight excluding hydrogens is 320 g/mol. The second kappa shape index (κ2) is 7.94. The van der Waals surface area contributed by atoms with Crippen LogP contribution in [0.5, 0.6) is 0 Å². The number of carbonyl (C=O) groups excluding carboxylic acids is 2. The Morgan fingerprint density at radius 1 is 0.840 bits per heavy atom. The molecule has 0 radical (unpaired) electrons. The van der Waals surface area contributed by atoms with Crippen LogP contribution in [0.15, 0.2) is 60.7 Å². The SMILES string of the molecule is O=C(OC[C@@H]1C[C@H](O)[C@H]1COC(=O)c1ccccc1)c1ccccc1. The largest absolute Gasteiger partial charge is 0.462 e. The van der Waals surface area contributed by atoms with E-state index in [-0.39, 0.29) is 31.0 Å². The molecule has 5 heteroatoms. The second-order valence-electron chi connectivity index (χ2n) is 6.16. The summed E-state index contributed by atoms with van der Waals surface area (Å²) < 4.78 is 10.6. The lowest BCUT2D eigenvalue weighted by atomic mass is 9.72. The van der Waals surface area contributed by atoms with E-state index >= 15 is 0 Å². The molecule has 0 spiro atoms. The number of carbonyl (C=O) groups is 2. The fourth-order valence-electron chi connectivity index (χ4n) is 2.89. The molecular formula is C20H20O5. The summed E-state index contributed by atoms with van der Waals surface area (Å²) in [5, 5.41) is 9.91. The summed E-state index contributed by atoms with van der Waals surface area (Å²) >= 11 is 0. The van der Waals surface area contributed by atoms with E-state index in [2.05, 4.69) is 0 Å². The van der Waals surface area contributed by atoms with Crippen LogP contribution in [-0.4, -0.2) is 36.4 Å². The molecule has 130 valence electrons. The lowest BCUT2D eigenvalue weighted by Gasteiger charge is -2.40. The predicted octanol–water partition coefficient (Wildman–Crippen LogP) is 2.70. The van der Waals surface area contributed by atoms with Gasteiger partial charge in [0.15, 0.2) is 0 Å². The molecule has 0 aliphatic heterocycles. The number of ether oxygens (including phenoxy) is 2. The third-order valence-corrected chi connectivity index (χ3v) is 4.50. The molecule has 0 bridgehead atoms. The predicted molar refractivity (Wildman–Crippen MR) is 91.1 cm³/mol. The highest BCUT2D eigenvalue weighted by molar-refractivity contribution is 5.89. The molecule has 0 unspecified atom stereocenters. The van der Waals surface area contributed by atoms with Crippen LogP contribution in [0.25, 0.3) is 0 Å². The third kappa shape index (κ3) is 4.25. The van der Waals surface area contributed by atoms with Crippen molar-refractivity contribution in [3.63, 3.8) is 0 Å². The summed E-state index contributed by atoms with van der Waals surface area (Å²) in [6.45, 7) is 0.320. The van der Waals surface area contributed by atoms with Gasteiger partial charge in [0.1, 0.15) is 0 Å². The molecule has 1 aliphatic rings. The molecule has 1 aliphatic carbocycles. The van der Waals surface area contributed by atoms with Gasteiger partial charge in [-0.25, -0.2) is 9.59 Å². The van der Waals surface area contributed by atoms with Gasteiger partial charge >= 0.3 is 11.9 Å². The zero-order valence-electron chi connectivity index (χ0n) is 13.7. The van der Waals surface area contributed by atoms with E-state index < -0.39 is 12.1 Å². The molecule has 1 saturated carbocycles. The Bertz CT molecular complexity index is 713. The Kier molecular flexibility index (Phi) is 5.46. The molecule has 1 N–H and O–H groups in total. The van der Waals surface area contributed by atoms with Crippen molar-refractivity contribution in [3.8, 4) is 0 Å².